The average molecular weight is 509 g/mol. The molecule has 3 aliphatic carbocycles. The monoisotopic (exact) mass is 508 g/mol. The molecule has 0 saturated heterocycles. The van der Waals surface area contributed by atoms with Gasteiger partial charge in [-0.3, -0.25) is 14.6 Å². The van der Waals surface area contributed by atoms with Crippen LogP contribution in [0.15, 0.2) is 53.1 Å². The van der Waals surface area contributed by atoms with E-state index < -0.39 is 0 Å². The van der Waals surface area contributed by atoms with E-state index in [2.05, 4.69) is 10.3 Å². The van der Waals surface area contributed by atoms with Gasteiger partial charge in [0.05, 0.1) is 12.2 Å². The van der Waals surface area contributed by atoms with E-state index in [0.717, 1.165) is 33.9 Å². The topological polar surface area (TPSA) is 81.4 Å². The van der Waals surface area contributed by atoms with E-state index in [9.17, 15) is 9.59 Å². The number of furan rings is 1. The molecule has 6 nitrogen and oxygen atoms in total. The molecule has 0 atom stereocenters. The molecule has 6 heteroatoms. The maximum absolute atomic E-state index is 13.3. The van der Waals surface area contributed by atoms with Crippen molar-refractivity contribution in [1.29, 1.82) is 0 Å². The van der Waals surface area contributed by atoms with E-state index in [1.54, 1.807) is 13.2 Å². The summed E-state index contributed by atoms with van der Waals surface area (Å²) in [6, 6.07) is 13.6. The highest BCUT2D eigenvalue weighted by molar-refractivity contribution is 6.12. The second-order valence-electron chi connectivity index (χ2n) is 11.0. The van der Waals surface area contributed by atoms with Crippen LogP contribution in [0.5, 0.6) is 5.75 Å². The highest BCUT2D eigenvalue weighted by Crippen LogP contribution is 2.66. The van der Waals surface area contributed by atoms with Crippen LogP contribution in [0.25, 0.3) is 33.4 Å². The summed E-state index contributed by atoms with van der Waals surface area (Å²) in [5.74, 6) is 1.89. The standard InChI is InChI=1S/C32H32N2O4/c1-5-37-27-12-28-25(29(31(36)33-4)30(38-28)21-8-6-18(2)7-9-21)11-24(27)22-10-23(19(3)34-17-22)26(35)16-32-13-20(14-32)15-32/h6-12,17,20H,5,13-16H2,1-4H3,(H,33,36). The lowest BCUT2D eigenvalue weighted by molar-refractivity contribution is -0.103. The number of carbonyl (C=O) groups excluding carboxylic acids is 2. The Morgan fingerprint density at radius 1 is 1.08 bits per heavy atom. The molecule has 0 radical (unpaired) electrons. The van der Waals surface area contributed by atoms with E-state index in [1.165, 1.54) is 19.3 Å². The van der Waals surface area contributed by atoms with Gasteiger partial charge in [0.1, 0.15) is 17.1 Å². The third kappa shape index (κ3) is 3.99. The second-order valence-corrected chi connectivity index (χ2v) is 11.0. The summed E-state index contributed by atoms with van der Waals surface area (Å²) < 4.78 is 12.3. The molecule has 2 aromatic carbocycles. The van der Waals surface area contributed by atoms with Crippen molar-refractivity contribution in [3.05, 3.63) is 71.0 Å². The lowest BCUT2D eigenvalue weighted by Gasteiger charge is -2.62. The van der Waals surface area contributed by atoms with Crippen LogP contribution in [0.4, 0.5) is 0 Å². The number of carbonyl (C=O) groups is 2. The van der Waals surface area contributed by atoms with Crippen molar-refractivity contribution in [3.8, 4) is 28.2 Å². The first kappa shape index (κ1) is 24.4. The molecule has 0 aliphatic heterocycles. The lowest BCUT2D eigenvalue weighted by Crippen LogP contribution is -2.52. The SMILES string of the molecule is CCOc1cc2oc(-c3ccc(C)cc3)c(C(=O)NC)c2cc1-c1cnc(C)c(C(=O)CC23CC(C2)C3)c1. The summed E-state index contributed by atoms with van der Waals surface area (Å²) in [6.07, 6.45) is 5.92. The number of amides is 1. The molecule has 4 aromatic rings. The molecule has 3 fully saturated rings. The predicted molar refractivity (Wildman–Crippen MR) is 148 cm³/mol. The van der Waals surface area contributed by atoms with Gasteiger partial charge in [-0.15, -0.1) is 0 Å². The average Bonchev–Trinajstić information content (AvgIpc) is 3.23. The van der Waals surface area contributed by atoms with Gasteiger partial charge in [0.15, 0.2) is 5.78 Å². The number of ketones is 1. The molecule has 1 N–H and O–H groups in total. The number of nitrogens with zero attached hydrogens (tertiary/aromatic N) is 1. The summed E-state index contributed by atoms with van der Waals surface area (Å²) in [5, 5.41) is 3.44. The van der Waals surface area contributed by atoms with Crippen molar-refractivity contribution < 1.29 is 18.7 Å². The quantitative estimate of drug-likeness (QED) is 0.262. The van der Waals surface area contributed by atoms with Gasteiger partial charge in [-0.05, 0) is 63.5 Å². The van der Waals surface area contributed by atoms with E-state index in [-0.39, 0.29) is 17.1 Å². The number of pyridine rings is 1. The van der Waals surface area contributed by atoms with Crippen LogP contribution in [-0.4, -0.2) is 30.3 Å². The van der Waals surface area contributed by atoms with Crippen molar-refractivity contribution in [2.45, 2.75) is 46.5 Å². The Morgan fingerprint density at radius 2 is 1.82 bits per heavy atom. The number of fused-ring (bicyclic) bond motifs is 1. The van der Waals surface area contributed by atoms with Gasteiger partial charge in [-0.25, -0.2) is 0 Å². The number of benzene rings is 2. The summed E-state index contributed by atoms with van der Waals surface area (Å²) in [7, 11) is 1.61. The molecule has 7 rings (SSSR count). The normalized spacial score (nSPS) is 19.5. The predicted octanol–water partition coefficient (Wildman–Crippen LogP) is 6.91. The third-order valence-electron chi connectivity index (χ3n) is 8.26. The summed E-state index contributed by atoms with van der Waals surface area (Å²) in [6.45, 7) is 6.29. The molecular formula is C32H32N2O4. The maximum Gasteiger partial charge on any atom is 0.255 e. The summed E-state index contributed by atoms with van der Waals surface area (Å²) in [4.78, 5) is 31.0. The van der Waals surface area contributed by atoms with Crippen LogP contribution in [-0.2, 0) is 0 Å². The zero-order valence-corrected chi connectivity index (χ0v) is 22.3. The largest absolute Gasteiger partial charge is 0.493 e. The molecular weight excluding hydrogens is 476 g/mol. The van der Waals surface area contributed by atoms with Crippen LogP contribution >= 0.6 is 0 Å². The maximum atomic E-state index is 13.3. The lowest BCUT2D eigenvalue weighted by atomic mass is 9.43. The zero-order chi connectivity index (χ0) is 26.6. The third-order valence-corrected chi connectivity index (χ3v) is 8.26. The van der Waals surface area contributed by atoms with Crippen LogP contribution in [0.2, 0.25) is 0 Å². The Hall–Kier alpha value is -3.93. The van der Waals surface area contributed by atoms with Crippen molar-refractivity contribution in [3.63, 3.8) is 0 Å². The number of aromatic nitrogens is 1. The number of rotatable bonds is 8. The van der Waals surface area contributed by atoms with Gasteiger partial charge in [0.2, 0.25) is 0 Å². The number of hydrogen-bond donors (Lipinski definition) is 1. The van der Waals surface area contributed by atoms with Gasteiger partial charge in [-0.2, -0.15) is 0 Å². The first-order valence-electron chi connectivity index (χ1n) is 13.3. The number of Topliss-reactive ketones (excluding diaryl/α,β-unsaturated/α-hetero) is 1. The van der Waals surface area contributed by atoms with Crippen molar-refractivity contribution in [2.24, 2.45) is 11.3 Å². The summed E-state index contributed by atoms with van der Waals surface area (Å²) in [5.41, 5.74) is 6.15. The Balaban J connectivity index is 1.48. The minimum atomic E-state index is -0.231. The second kappa shape index (κ2) is 9.12. The van der Waals surface area contributed by atoms with Crippen LogP contribution in [0.3, 0.4) is 0 Å². The Morgan fingerprint density at radius 3 is 2.45 bits per heavy atom. The Kier molecular flexibility index (Phi) is 5.86. The first-order chi connectivity index (χ1) is 18.3. The molecule has 38 heavy (non-hydrogen) atoms. The number of nitrogens with one attached hydrogen (secondary N) is 1. The molecule has 0 spiro atoms. The fraction of sp³-hybridized carbons (Fsp3) is 0.344. The van der Waals surface area contributed by atoms with Gasteiger partial charge in [-0.1, -0.05) is 29.8 Å². The van der Waals surface area contributed by atoms with Gasteiger partial charge in [0.25, 0.3) is 5.91 Å². The highest BCUT2D eigenvalue weighted by atomic mass is 16.5. The van der Waals surface area contributed by atoms with Crippen LogP contribution in [0.1, 0.15) is 64.6 Å². The van der Waals surface area contributed by atoms with Crippen LogP contribution < -0.4 is 10.1 Å². The molecule has 3 saturated carbocycles. The molecule has 2 bridgehead atoms. The minimum Gasteiger partial charge on any atom is -0.493 e. The van der Waals surface area contributed by atoms with E-state index in [0.29, 0.717) is 46.6 Å². The molecule has 2 heterocycles. The number of aryl methyl sites for hydroxylation is 2. The van der Waals surface area contributed by atoms with E-state index in [4.69, 9.17) is 9.15 Å². The molecule has 3 aliphatic rings. The molecule has 194 valence electrons. The Bertz CT molecular complexity index is 1560. The minimum absolute atomic E-state index is 0.157. The molecule has 1 amide bonds. The first-order valence-corrected chi connectivity index (χ1v) is 13.3. The fourth-order valence-corrected chi connectivity index (χ4v) is 6.16. The van der Waals surface area contributed by atoms with E-state index in [1.807, 2.05) is 63.2 Å². The summed E-state index contributed by atoms with van der Waals surface area (Å²) >= 11 is 0. The molecule has 2 aromatic heterocycles. The number of hydrogen-bond acceptors (Lipinski definition) is 5. The fourth-order valence-electron chi connectivity index (χ4n) is 6.16. The zero-order valence-electron chi connectivity index (χ0n) is 22.3. The van der Waals surface area contributed by atoms with Crippen molar-refractivity contribution in [1.82, 2.24) is 10.3 Å². The smallest absolute Gasteiger partial charge is 0.255 e. The number of ether oxygens (including phenoxy) is 1. The van der Waals surface area contributed by atoms with Crippen molar-refractivity contribution >= 4 is 22.7 Å². The Labute approximate surface area is 222 Å². The molecule has 0 unspecified atom stereocenters. The van der Waals surface area contributed by atoms with Gasteiger partial charge in [0, 0.05) is 59.1 Å². The van der Waals surface area contributed by atoms with Crippen molar-refractivity contribution in [2.75, 3.05) is 13.7 Å². The van der Waals surface area contributed by atoms with Crippen LogP contribution in [0, 0.1) is 25.2 Å². The van der Waals surface area contributed by atoms with E-state index >= 15 is 0 Å². The highest BCUT2D eigenvalue weighted by Gasteiger charge is 2.56. The van der Waals surface area contributed by atoms with Gasteiger partial charge >= 0.3 is 0 Å². The van der Waals surface area contributed by atoms with Gasteiger partial charge < -0.3 is 14.5 Å².